The average Bonchev–Trinajstić information content (AvgIpc) is 3.26. The van der Waals surface area contributed by atoms with Crippen molar-refractivity contribution in [1.82, 2.24) is 14.8 Å². The number of aromatic nitrogens is 3. The first kappa shape index (κ1) is 20.6. The van der Waals surface area contributed by atoms with E-state index in [2.05, 4.69) is 14.9 Å². The van der Waals surface area contributed by atoms with Crippen LogP contribution in [0.15, 0.2) is 48.8 Å². The molecule has 0 radical (unpaired) electrons. The van der Waals surface area contributed by atoms with Crippen molar-refractivity contribution in [2.24, 2.45) is 7.05 Å². The number of halogens is 5. The Hall–Kier alpha value is -3.10. The molecule has 0 unspecified atom stereocenters. The van der Waals surface area contributed by atoms with Crippen LogP contribution in [0, 0.1) is 0 Å². The number of ether oxygens (including phenoxy) is 1. The molecule has 0 saturated heterocycles. The summed E-state index contributed by atoms with van der Waals surface area (Å²) >= 11 is 0. The van der Waals surface area contributed by atoms with Gasteiger partial charge in [-0.25, -0.2) is 0 Å². The van der Waals surface area contributed by atoms with Gasteiger partial charge >= 0.3 is 12.8 Å². The molecule has 154 valence electrons. The smallest absolute Gasteiger partial charge is 0.418 e. The Morgan fingerprint density at radius 3 is 2.48 bits per heavy atom. The van der Waals surface area contributed by atoms with E-state index in [1.807, 2.05) is 30.5 Å². The molecular formula is C20H18F5N3O. The molecule has 4 rings (SSSR count). The summed E-state index contributed by atoms with van der Waals surface area (Å²) < 4.78 is 69.4. The summed E-state index contributed by atoms with van der Waals surface area (Å²) in [5.74, 6) is -0.216. The molecule has 9 heteroatoms. The number of alkyl halides is 5. The number of nitrogens with zero attached hydrogens (tertiary/aromatic N) is 2. The fourth-order valence-corrected chi connectivity index (χ4v) is 3.19. The van der Waals surface area contributed by atoms with Crippen molar-refractivity contribution in [2.45, 2.75) is 26.1 Å². The van der Waals surface area contributed by atoms with Crippen LogP contribution >= 0.6 is 0 Å². The van der Waals surface area contributed by atoms with E-state index in [1.54, 1.807) is 6.92 Å². The summed E-state index contributed by atoms with van der Waals surface area (Å²) in [6, 6.07) is 10.6. The molecule has 0 saturated carbocycles. The van der Waals surface area contributed by atoms with Gasteiger partial charge in [-0.3, -0.25) is 5.10 Å². The van der Waals surface area contributed by atoms with E-state index >= 15 is 0 Å². The number of rotatable bonds is 3. The van der Waals surface area contributed by atoms with Crippen LogP contribution in [0.2, 0.25) is 0 Å². The van der Waals surface area contributed by atoms with Crippen LogP contribution in [0.5, 0.6) is 5.75 Å². The van der Waals surface area contributed by atoms with Gasteiger partial charge in [0.1, 0.15) is 5.75 Å². The summed E-state index contributed by atoms with van der Waals surface area (Å²) in [6.07, 6.45) is -1.62. The standard InChI is InChI=1S/C13H12F5NO.C7H6N2/c1-3-7-10(20-12(14)15)5-4-9-11(7)8(6-19(9)2)13(16,17)18;1-2-4-7-6(3-1)5-8-9-7/h4-6,12H,3H2,1-2H3;1-5H,(H,8,9). The van der Waals surface area contributed by atoms with E-state index in [0.29, 0.717) is 5.52 Å². The van der Waals surface area contributed by atoms with Crippen molar-refractivity contribution < 1.29 is 26.7 Å². The average molecular weight is 411 g/mol. The van der Waals surface area contributed by atoms with Crippen LogP contribution in [0.25, 0.3) is 21.8 Å². The van der Waals surface area contributed by atoms with Gasteiger partial charge in [-0.15, -0.1) is 0 Å². The third kappa shape index (κ3) is 4.33. The van der Waals surface area contributed by atoms with Crippen molar-refractivity contribution in [2.75, 3.05) is 0 Å². The zero-order chi connectivity index (χ0) is 21.2. The van der Waals surface area contributed by atoms with Crippen LogP contribution in [0.1, 0.15) is 18.1 Å². The van der Waals surface area contributed by atoms with Crippen molar-refractivity contribution in [1.29, 1.82) is 0 Å². The van der Waals surface area contributed by atoms with Gasteiger partial charge in [0.2, 0.25) is 0 Å². The Kier molecular flexibility index (Phi) is 5.76. The molecule has 0 bridgehead atoms. The zero-order valence-electron chi connectivity index (χ0n) is 15.6. The minimum atomic E-state index is -4.55. The number of aromatic amines is 1. The van der Waals surface area contributed by atoms with Gasteiger partial charge in [0.25, 0.3) is 0 Å². The number of H-pyrrole nitrogens is 1. The van der Waals surface area contributed by atoms with Crippen LogP contribution in [-0.4, -0.2) is 21.4 Å². The first-order valence-corrected chi connectivity index (χ1v) is 8.73. The number of para-hydroxylation sites is 1. The minimum Gasteiger partial charge on any atom is -0.435 e. The molecule has 4 nitrogen and oxygen atoms in total. The van der Waals surface area contributed by atoms with E-state index in [0.717, 1.165) is 17.1 Å². The topological polar surface area (TPSA) is 42.8 Å². The summed E-state index contributed by atoms with van der Waals surface area (Å²) in [5.41, 5.74) is 0.718. The number of hydrogen-bond donors (Lipinski definition) is 1. The largest absolute Gasteiger partial charge is 0.435 e. The lowest BCUT2D eigenvalue weighted by Gasteiger charge is -2.13. The normalized spacial score (nSPS) is 11.7. The Labute approximate surface area is 162 Å². The quantitative estimate of drug-likeness (QED) is 0.425. The highest BCUT2D eigenvalue weighted by molar-refractivity contribution is 5.90. The van der Waals surface area contributed by atoms with E-state index in [4.69, 9.17) is 0 Å². The van der Waals surface area contributed by atoms with E-state index in [1.165, 1.54) is 23.7 Å². The maximum Gasteiger partial charge on any atom is 0.418 e. The Morgan fingerprint density at radius 2 is 1.86 bits per heavy atom. The molecular weight excluding hydrogens is 393 g/mol. The third-order valence-corrected chi connectivity index (χ3v) is 4.44. The number of aryl methyl sites for hydroxylation is 2. The lowest BCUT2D eigenvalue weighted by molar-refractivity contribution is -0.136. The van der Waals surface area contributed by atoms with E-state index in [-0.39, 0.29) is 23.1 Å². The highest BCUT2D eigenvalue weighted by atomic mass is 19.4. The molecule has 4 aromatic rings. The maximum absolute atomic E-state index is 13.0. The van der Waals surface area contributed by atoms with Gasteiger partial charge in [0.05, 0.1) is 17.3 Å². The number of fused-ring (bicyclic) bond motifs is 2. The molecule has 0 amide bonds. The van der Waals surface area contributed by atoms with Gasteiger partial charge in [-0.2, -0.15) is 27.1 Å². The molecule has 29 heavy (non-hydrogen) atoms. The molecule has 0 spiro atoms. The van der Waals surface area contributed by atoms with Crippen LogP contribution in [-0.2, 0) is 19.6 Å². The first-order valence-electron chi connectivity index (χ1n) is 8.73. The number of benzene rings is 2. The predicted octanol–water partition coefficient (Wildman–Crippen LogP) is 5.92. The molecule has 1 N–H and O–H groups in total. The Balaban J connectivity index is 0.000000220. The van der Waals surface area contributed by atoms with Crippen molar-refractivity contribution in [3.05, 3.63) is 59.9 Å². The second kappa shape index (κ2) is 8.10. The maximum atomic E-state index is 13.0. The molecule has 0 fully saturated rings. The molecule has 0 aliphatic carbocycles. The Bertz CT molecular complexity index is 1080. The van der Waals surface area contributed by atoms with Gasteiger partial charge < -0.3 is 9.30 Å². The molecule has 2 aromatic heterocycles. The first-order chi connectivity index (χ1) is 13.7. The highest BCUT2D eigenvalue weighted by Crippen LogP contribution is 2.40. The van der Waals surface area contributed by atoms with Crippen molar-refractivity contribution in [3.63, 3.8) is 0 Å². The van der Waals surface area contributed by atoms with Gasteiger partial charge in [-0.05, 0) is 24.6 Å². The van der Waals surface area contributed by atoms with Gasteiger partial charge in [0, 0.05) is 35.1 Å². The highest BCUT2D eigenvalue weighted by Gasteiger charge is 2.35. The number of nitrogens with one attached hydrogen (secondary N) is 1. The zero-order valence-corrected chi connectivity index (χ0v) is 15.6. The molecule has 0 atom stereocenters. The van der Waals surface area contributed by atoms with Crippen molar-refractivity contribution in [3.8, 4) is 5.75 Å². The third-order valence-electron chi connectivity index (χ3n) is 4.44. The number of hydrogen-bond acceptors (Lipinski definition) is 2. The van der Waals surface area contributed by atoms with E-state index in [9.17, 15) is 22.0 Å². The summed E-state index contributed by atoms with van der Waals surface area (Å²) in [7, 11) is 1.48. The van der Waals surface area contributed by atoms with Crippen molar-refractivity contribution >= 4 is 21.8 Å². The summed E-state index contributed by atoms with van der Waals surface area (Å²) in [5, 5.41) is 7.83. The minimum absolute atomic E-state index is 0.0827. The van der Waals surface area contributed by atoms with Crippen LogP contribution < -0.4 is 4.74 Å². The summed E-state index contributed by atoms with van der Waals surface area (Å²) in [4.78, 5) is 0. The molecule has 2 heterocycles. The Morgan fingerprint density at radius 1 is 1.14 bits per heavy atom. The van der Waals surface area contributed by atoms with Gasteiger partial charge in [0.15, 0.2) is 0 Å². The fourth-order valence-electron chi connectivity index (χ4n) is 3.19. The molecule has 0 aliphatic rings. The lowest BCUT2D eigenvalue weighted by atomic mass is 10.0. The van der Waals surface area contributed by atoms with Gasteiger partial charge in [-0.1, -0.05) is 25.1 Å². The predicted molar refractivity (Wildman–Crippen MR) is 100 cm³/mol. The van der Waals surface area contributed by atoms with Crippen LogP contribution in [0.4, 0.5) is 22.0 Å². The second-order valence-corrected chi connectivity index (χ2v) is 6.28. The molecule has 2 aromatic carbocycles. The fraction of sp³-hybridized carbons (Fsp3) is 0.250. The van der Waals surface area contributed by atoms with E-state index < -0.39 is 18.4 Å². The molecule has 0 aliphatic heterocycles. The second-order valence-electron chi connectivity index (χ2n) is 6.28. The summed E-state index contributed by atoms with van der Waals surface area (Å²) in [6.45, 7) is -1.48. The van der Waals surface area contributed by atoms with Crippen LogP contribution in [0.3, 0.4) is 0 Å². The SMILES string of the molecule is CCc1c(OC(F)F)ccc2c1c(C(F)(F)F)cn2C.c1ccc2[nH]ncc2c1. The monoisotopic (exact) mass is 411 g/mol. The lowest BCUT2D eigenvalue weighted by Crippen LogP contribution is -2.07.